The van der Waals surface area contributed by atoms with Crippen molar-refractivity contribution in [2.45, 2.75) is 44.1 Å². The van der Waals surface area contributed by atoms with Crippen LogP contribution in [0.25, 0.3) is 10.9 Å². The molecule has 0 bridgehead atoms. The number of benzene rings is 1. The van der Waals surface area contributed by atoms with Gasteiger partial charge in [-0.25, -0.2) is 9.78 Å². The molecule has 1 aliphatic heterocycles. The predicted octanol–water partition coefficient (Wildman–Crippen LogP) is 3.01. The Balaban J connectivity index is 1.60. The van der Waals surface area contributed by atoms with E-state index in [-0.39, 0.29) is 23.3 Å². The highest BCUT2D eigenvalue weighted by molar-refractivity contribution is 7.99. The number of thioether (sulfide) groups is 1. The van der Waals surface area contributed by atoms with Gasteiger partial charge in [-0.3, -0.25) is 14.2 Å². The van der Waals surface area contributed by atoms with E-state index in [2.05, 4.69) is 4.98 Å². The Morgan fingerprint density at radius 2 is 2.12 bits per heavy atom. The van der Waals surface area contributed by atoms with Gasteiger partial charge in [-0.15, -0.1) is 0 Å². The first-order chi connectivity index (χ1) is 16.4. The highest BCUT2D eigenvalue weighted by atomic mass is 32.2. The van der Waals surface area contributed by atoms with Gasteiger partial charge in [0.05, 0.1) is 48.5 Å². The highest BCUT2D eigenvalue weighted by Crippen LogP contribution is 2.22. The summed E-state index contributed by atoms with van der Waals surface area (Å²) >= 11 is 1.19. The average Bonchev–Trinajstić information content (AvgIpc) is 3.50. The first kappa shape index (κ1) is 24.0. The fourth-order valence-corrected chi connectivity index (χ4v) is 4.79. The van der Waals surface area contributed by atoms with Crippen LogP contribution in [0.3, 0.4) is 0 Å². The van der Waals surface area contributed by atoms with Gasteiger partial charge in [0.25, 0.3) is 5.56 Å². The maximum Gasteiger partial charge on any atom is 0.337 e. The SMILES string of the molecule is COC(=O)c1ccc2c(=O)n(CC3CCCO3)c(SCC(=O)N(C)Cc3ccc(C)o3)nc2c1. The Hall–Kier alpha value is -3.11. The van der Waals surface area contributed by atoms with Crippen LogP contribution in [0.5, 0.6) is 0 Å². The summed E-state index contributed by atoms with van der Waals surface area (Å²) in [5.74, 6) is 0.950. The van der Waals surface area contributed by atoms with E-state index in [0.717, 1.165) is 18.6 Å². The summed E-state index contributed by atoms with van der Waals surface area (Å²) in [5.41, 5.74) is 0.455. The van der Waals surface area contributed by atoms with E-state index >= 15 is 0 Å². The van der Waals surface area contributed by atoms with Crippen LogP contribution in [0.15, 0.2) is 44.7 Å². The summed E-state index contributed by atoms with van der Waals surface area (Å²) in [7, 11) is 3.00. The summed E-state index contributed by atoms with van der Waals surface area (Å²) in [5, 5.41) is 0.803. The molecule has 1 aromatic carbocycles. The molecule has 34 heavy (non-hydrogen) atoms. The number of methoxy groups -OCH3 is 1. The molecule has 4 rings (SSSR count). The van der Waals surface area contributed by atoms with Gasteiger partial charge < -0.3 is 18.8 Å². The van der Waals surface area contributed by atoms with Crippen molar-refractivity contribution in [3.63, 3.8) is 0 Å². The number of carbonyl (C=O) groups excluding carboxylic acids is 2. The zero-order valence-electron chi connectivity index (χ0n) is 19.4. The first-order valence-corrected chi connectivity index (χ1v) is 12.0. The third-order valence-electron chi connectivity index (χ3n) is 5.69. The molecule has 0 N–H and O–H groups in total. The lowest BCUT2D eigenvalue weighted by atomic mass is 10.1. The molecule has 1 saturated heterocycles. The third-order valence-corrected chi connectivity index (χ3v) is 6.65. The van der Waals surface area contributed by atoms with Crippen LogP contribution in [0.2, 0.25) is 0 Å². The second-order valence-corrected chi connectivity index (χ2v) is 9.16. The fraction of sp³-hybridized carbons (Fsp3) is 0.417. The van der Waals surface area contributed by atoms with Crippen molar-refractivity contribution in [3.8, 4) is 0 Å². The minimum Gasteiger partial charge on any atom is -0.465 e. The van der Waals surface area contributed by atoms with Crippen molar-refractivity contribution in [2.75, 3.05) is 26.5 Å². The van der Waals surface area contributed by atoms with E-state index in [4.69, 9.17) is 13.9 Å². The predicted molar refractivity (Wildman–Crippen MR) is 127 cm³/mol. The summed E-state index contributed by atoms with van der Waals surface area (Å²) in [6, 6.07) is 8.37. The Labute approximate surface area is 201 Å². The van der Waals surface area contributed by atoms with Gasteiger partial charge in [-0.1, -0.05) is 11.8 Å². The lowest BCUT2D eigenvalue weighted by molar-refractivity contribution is -0.127. The lowest BCUT2D eigenvalue weighted by Gasteiger charge is -2.18. The van der Waals surface area contributed by atoms with E-state index in [9.17, 15) is 14.4 Å². The molecule has 9 nitrogen and oxygen atoms in total. The zero-order valence-corrected chi connectivity index (χ0v) is 20.2. The number of furan rings is 1. The van der Waals surface area contributed by atoms with Crippen molar-refractivity contribution in [3.05, 3.63) is 57.8 Å². The Bertz CT molecular complexity index is 1260. The minimum absolute atomic E-state index is 0.0776. The van der Waals surface area contributed by atoms with Crippen LogP contribution < -0.4 is 5.56 Å². The molecule has 0 saturated carbocycles. The van der Waals surface area contributed by atoms with Crippen LogP contribution in [-0.2, 0) is 27.4 Å². The summed E-state index contributed by atoms with van der Waals surface area (Å²) in [6.45, 7) is 3.23. The fourth-order valence-electron chi connectivity index (χ4n) is 3.84. The van der Waals surface area contributed by atoms with Gasteiger partial charge in [-0.2, -0.15) is 0 Å². The molecule has 1 fully saturated rings. The van der Waals surface area contributed by atoms with Crippen LogP contribution in [-0.4, -0.2) is 58.9 Å². The molecule has 3 aromatic rings. The molecular formula is C24H27N3O6S. The minimum atomic E-state index is -0.508. The Morgan fingerprint density at radius 1 is 1.29 bits per heavy atom. The van der Waals surface area contributed by atoms with E-state index < -0.39 is 5.97 Å². The van der Waals surface area contributed by atoms with Gasteiger partial charge >= 0.3 is 5.97 Å². The quantitative estimate of drug-likeness (QED) is 0.272. The van der Waals surface area contributed by atoms with Crippen molar-refractivity contribution in [2.24, 2.45) is 0 Å². The van der Waals surface area contributed by atoms with E-state index in [1.54, 1.807) is 28.6 Å². The van der Waals surface area contributed by atoms with Crippen LogP contribution in [0.1, 0.15) is 34.7 Å². The van der Waals surface area contributed by atoms with Crippen LogP contribution >= 0.6 is 11.8 Å². The molecule has 1 amide bonds. The number of rotatable bonds is 8. The van der Waals surface area contributed by atoms with Gasteiger partial charge in [0, 0.05) is 13.7 Å². The number of hydrogen-bond acceptors (Lipinski definition) is 8. The van der Waals surface area contributed by atoms with Crippen LogP contribution in [0.4, 0.5) is 0 Å². The number of hydrogen-bond donors (Lipinski definition) is 0. The van der Waals surface area contributed by atoms with Crippen molar-refractivity contribution < 1.29 is 23.5 Å². The molecule has 1 unspecified atom stereocenters. The smallest absolute Gasteiger partial charge is 0.337 e. The molecule has 0 radical (unpaired) electrons. The molecular weight excluding hydrogens is 458 g/mol. The summed E-state index contributed by atoms with van der Waals surface area (Å²) < 4.78 is 17.6. The Kier molecular flexibility index (Phi) is 7.38. The van der Waals surface area contributed by atoms with Gasteiger partial charge in [0.15, 0.2) is 5.16 Å². The third kappa shape index (κ3) is 5.34. The standard InChI is InChI=1S/C24H27N3O6S/c1-15-6-8-18(33-15)12-26(2)21(28)14-34-24-25-20-11-16(23(30)31-3)7-9-19(20)22(29)27(24)13-17-5-4-10-32-17/h6-9,11,17H,4-5,10,12-14H2,1-3H3. The monoisotopic (exact) mass is 485 g/mol. The molecule has 0 spiro atoms. The Morgan fingerprint density at radius 3 is 2.79 bits per heavy atom. The average molecular weight is 486 g/mol. The molecule has 0 aliphatic carbocycles. The van der Waals surface area contributed by atoms with E-state index in [1.807, 2.05) is 19.1 Å². The van der Waals surface area contributed by atoms with E-state index in [0.29, 0.717) is 47.1 Å². The molecule has 3 heterocycles. The van der Waals surface area contributed by atoms with Gasteiger partial charge in [0.1, 0.15) is 11.5 Å². The van der Waals surface area contributed by atoms with Gasteiger partial charge in [0.2, 0.25) is 5.91 Å². The summed E-state index contributed by atoms with van der Waals surface area (Å²) in [4.78, 5) is 44.3. The zero-order chi connectivity index (χ0) is 24.2. The summed E-state index contributed by atoms with van der Waals surface area (Å²) in [6.07, 6.45) is 1.73. The van der Waals surface area contributed by atoms with Crippen molar-refractivity contribution in [1.29, 1.82) is 0 Å². The number of ether oxygens (including phenoxy) is 2. The second-order valence-electron chi connectivity index (χ2n) is 8.22. The van der Waals surface area contributed by atoms with E-state index in [1.165, 1.54) is 24.9 Å². The number of nitrogens with zero attached hydrogens (tertiary/aromatic N) is 3. The molecule has 180 valence electrons. The maximum absolute atomic E-state index is 13.3. The lowest BCUT2D eigenvalue weighted by Crippen LogP contribution is -2.30. The van der Waals surface area contributed by atoms with Crippen LogP contribution in [0, 0.1) is 6.92 Å². The maximum atomic E-state index is 13.3. The largest absolute Gasteiger partial charge is 0.465 e. The number of esters is 1. The normalized spacial score (nSPS) is 15.6. The molecule has 2 aromatic heterocycles. The highest BCUT2D eigenvalue weighted by Gasteiger charge is 2.22. The number of fused-ring (bicyclic) bond motifs is 1. The number of aromatic nitrogens is 2. The van der Waals surface area contributed by atoms with Gasteiger partial charge in [-0.05, 0) is 50.1 Å². The first-order valence-electron chi connectivity index (χ1n) is 11.0. The van der Waals surface area contributed by atoms with Crippen molar-refractivity contribution >= 4 is 34.5 Å². The molecule has 1 atom stereocenters. The second kappa shape index (κ2) is 10.4. The number of amides is 1. The topological polar surface area (TPSA) is 104 Å². The molecule has 10 heteroatoms. The van der Waals surface area contributed by atoms with Crippen molar-refractivity contribution in [1.82, 2.24) is 14.5 Å². The number of carbonyl (C=O) groups is 2. The molecule has 1 aliphatic rings. The number of aryl methyl sites for hydroxylation is 1.